The van der Waals surface area contributed by atoms with Gasteiger partial charge in [-0.3, -0.25) is 9.71 Å². The van der Waals surface area contributed by atoms with Gasteiger partial charge in [0.15, 0.2) is 5.11 Å². The zero-order valence-corrected chi connectivity index (χ0v) is 23.6. The van der Waals surface area contributed by atoms with Crippen molar-refractivity contribution in [2.75, 3.05) is 30.1 Å². The fourth-order valence-electron chi connectivity index (χ4n) is 4.87. The number of nitrogens with zero attached hydrogens (tertiary/aromatic N) is 3. The molecule has 12 heteroatoms. The van der Waals surface area contributed by atoms with E-state index in [1.165, 1.54) is 14.2 Å². The maximum atomic E-state index is 12.6. The Morgan fingerprint density at radius 3 is 2.52 bits per heavy atom. The van der Waals surface area contributed by atoms with Crippen molar-refractivity contribution in [1.82, 2.24) is 14.9 Å². The van der Waals surface area contributed by atoms with Crippen LogP contribution < -0.4 is 19.7 Å². The molecule has 2 aromatic heterocycles. The lowest BCUT2D eigenvalue weighted by Crippen LogP contribution is -2.30. The van der Waals surface area contributed by atoms with Crippen LogP contribution >= 0.6 is 12.2 Å². The Labute approximate surface area is 237 Å². The fraction of sp³-hybridized carbons (Fsp3) is 0.179. The Hall–Kier alpha value is -4.42. The van der Waals surface area contributed by atoms with Crippen LogP contribution in [0.5, 0.6) is 5.75 Å². The van der Waals surface area contributed by atoms with Crippen molar-refractivity contribution in [3.05, 3.63) is 102 Å². The molecular weight excluding hydrogens is 550 g/mol. The number of methoxy groups -OCH3 is 2. The van der Waals surface area contributed by atoms with Crippen molar-refractivity contribution in [2.45, 2.75) is 12.1 Å². The number of anilines is 2. The van der Waals surface area contributed by atoms with Crippen LogP contribution in [0.4, 0.5) is 11.4 Å². The molecule has 2 N–H and O–H groups in total. The molecule has 10 nitrogen and oxygen atoms in total. The van der Waals surface area contributed by atoms with Gasteiger partial charge in [0, 0.05) is 29.8 Å². The monoisotopic (exact) mass is 577 g/mol. The SMILES string of the molecule is COC(=O)c1ccccc1-n1cccc1[C@@H]1[C@@H](c2ccccn2)NC(=S)N1c1ccc(NS(C)(=O)=O)c(OC)c1. The molecule has 0 amide bonds. The standard InChI is InChI=1S/C28H27N5O5S2/c1-37-24-17-18(13-14-20(24)31-40(3,35)36)33-26(25(30-28(33)39)21-10-6-7-15-29-21)23-12-8-16-32(23)22-11-5-4-9-19(22)27(34)38-2/h4-17,25-26,31H,1-3H3,(H,30,39)/t25-,26-/m1/s1. The molecule has 206 valence electrons. The van der Waals surface area contributed by atoms with E-state index in [9.17, 15) is 13.2 Å². The second-order valence-electron chi connectivity index (χ2n) is 9.07. The maximum absolute atomic E-state index is 12.6. The molecule has 4 aromatic rings. The Kier molecular flexibility index (Phi) is 7.46. The van der Waals surface area contributed by atoms with Crippen LogP contribution in [-0.2, 0) is 14.8 Å². The van der Waals surface area contributed by atoms with E-state index in [1.807, 2.05) is 58.1 Å². The van der Waals surface area contributed by atoms with Gasteiger partial charge >= 0.3 is 5.97 Å². The number of hydrogen-bond donors (Lipinski definition) is 2. The molecule has 3 heterocycles. The summed E-state index contributed by atoms with van der Waals surface area (Å²) in [6.45, 7) is 0. The average Bonchev–Trinajstić information content (AvgIpc) is 3.56. The lowest BCUT2D eigenvalue weighted by atomic mass is 10.00. The molecule has 2 atom stereocenters. The van der Waals surface area contributed by atoms with Gasteiger partial charge in [0.1, 0.15) is 11.8 Å². The van der Waals surface area contributed by atoms with Gasteiger partial charge in [0.05, 0.1) is 49.1 Å². The largest absolute Gasteiger partial charge is 0.494 e. The van der Waals surface area contributed by atoms with Crippen LogP contribution in [0.2, 0.25) is 0 Å². The number of sulfonamides is 1. The van der Waals surface area contributed by atoms with E-state index < -0.39 is 22.0 Å². The zero-order valence-electron chi connectivity index (χ0n) is 21.9. The first-order chi connectivity index (χ1) is 19.2. The molecule has 5 rings (SSSR count). The van der Waals surface area contributed by atoms with Crippen molar-refractivity contribution >= 4 is 44.7 Å². The number of thiocarbonyl (C=S) groups is 1. The number of carbonyl (C=O) groups excluding carboxylic acids is 1. The van der Waals surface area contributed by atoms with E-state index in [1.54, 1.807) is 36.5 Å². The predicted molar refractivity (Wildman–Crippen MR) is 157 cm³/mol. The van der Waals surface area contributed by atoms with E-state index in [4.69, 9.17) is 21.7 Å². The van der Waals surface area contributed by atoms with E-state index in [0.29, 0.717) is 33.5 Å². The number of pyridine rings is 1. The van der Waals surface area contributed by atoms with Crippen molar-refractivity contribution in [3.63, 3.8) is 0 Å². The number of esters is 1. The molecule has 0 spiro atoms. The number of ether oxygens (including phenoxy) is 2. The third-order valence-electron chi connectivity index (χ3n) is 6.51. The first-order valence-electron chi connectivity index (χ1n) is 12.2. The molecule has 1 saturated heterocycles. The van der Waals surface area contributed by atoms with Gasteiger partial charge in [-0.15, -0.1) is 0 Å². The normalized spacial score (nSPS) is 16.9. The minimum absolute atomic E-state index is 0.306. The number of benzene rings is 2. The van der Waals surface area contributed by atoms with Crippen molar-refractivity contribution < 1.29 is 22.7 Å². The topological polar surface area (TPSA) is 115 Å². The van der Waals surface area contributed by atoms with E-state index in [0.717, 1.165) is 17.6 Å². The van der Waals surface area contributed by atoms with Crippen molar-refractivity contribution in [2.24, 2.45) is 0 Å². The molecule has 0 saturated carbocycles. The lowest BCUT2D eigenvalue weighted by Gasteiger charge is -2.29. The first kappa shape index (κ1) is 27.2. The molecule has 0 unspecified atom stereocenters. The summed E-state index contributed by atoms with van der Waals surface area (Å²) in [5.41, 5.74) is 3.64. The zero-order chi connectivity index (χ0) is 28.4. The van der Waals surface area contributed by atoms with Gasteiger partial charge in [-0.05, 0) is 60.7 Å². The highest BCUT2D eigenvalue weighted by atomic mass is 32.2. The molecule has 1 aliphatic heterocycles. The molecule has 0 radical (unpaired) electrons. The summed E-state index contributed by atoms with van der Waals surface area (Å²) < 4.78 is 38.8. The molecule has 2 aromatic carbocycles. The van der Waals surface area contributed by atoms with Gasteiger partial charge in [-0.1, -0.05) is 18.2 Å². The molecule has 40 heavy (non-hydrogen) atoms. The predicted octanol–water partition coefficient (Wildman–Crippen LogP) is 4.22. The van der Waals surface area contributed by atoms with Crippen LogP contribution in [0.15, 0.2) is 85.2 Å². The number of nitrogens with one attached hydrogen (secondary N) is 2. The summed E-state index contributed by atoms with van der Waals surface area (Å²) in [6, 6.07) is 21.1. The molecule has 1 fully saturated rings. The van der Waals surface area contributed by atoms with Crippen LogP contribution in [0, 0.1) is 0 Å². The minimum atomic E-state index is -3.52. The van der Waals surface area contributed by atoms with Crippen molar-refractivity contribution in [3.8, 4) is 11.4 Å². The number of hydrogen-bond acceptors (Lipinski definition) is 7. The van der Waals surface area contributed by atoms with Crippen LogP contribution in [0.25, 0.3) is 5.69 Å². The van der Waals surface area contributed by atoms with Gasteiger partial charge in [0.2, 0.25) is 10.0 Å². The quantitative estimate of drug-likeness (QED) is 0.235. The Balaban J connectivity index is 1.67. The fourth-order valence-corrected chi connectivity index (χ4v) is 5.78. The Morgan fingerprint density at radius 2 is 1.82 bits per heavy atom. The highest BCUT2D eigenvalue weighted by molar-refractivity contribution is 7.92. The Bertz CT molecular complexity index is 1670. The van der Waals surface area contributed by atoms with Gasteiger partial charge in [-0.25, -0.2) is 13.2 Å². The van der Waals surface area contributed by atoms with Gasteiger partial charge < -0.3 is 24.3 Å². The highest BCUT2D eigenvalue weighted by Gasteiger charge is 2.42. The minimum Gasteiger partial charge on any atom is -0.494 e. The summed E-state index contributed by atoms with van der Waals surface area (Å²) in [4.78, 5) is 19.2. The molecule has 1 aliphatic rings. The van der Waals surface area contributed by atoms with E-state index >= 15 is 0 Å². The smallest absolute Gasteiger partial charge is 0.339 e. The van der Waals surface area contributed by atoms with E-state index in [-0.39, 0.29) is 6.04 Å². The summed E-state index contributed by atoms with van der Waals surface area (Å²) >= 11 is 5.85. The first-order valence-corrected chi connectivity index (χ1v) is 14.5. The molecule has 0 aliphatic carbocycles. The summed E-state index contributed by atoms with van der Waals surface area (Å²) in [6.07, 6.45) is 4.68. The second kappa shape index (κ2) is 11.0. The molecule has 0 bridgehead atoms. The lowest BCUT2D eigenvalue weighted by molar-refractivity contribution is 0.0600. The van der Waals surface area contributed by atoms with Crippen LogP contribution in [-0.4, -0.2) is 49.5 Å². The maximum Gasteiger partial charge on any atom is 0.339 e. The third-order valence-corrected chi connectivity index (χ3v) is 7.41. The third kappa shape index (κ3) is 5.23. The Morgan fingerprint density at radius 1 is 1.05 bits per heavy atom. The van der Waals surface area contributed by atoms with Crippen molar-refractivity contribution in [1.29, 1.82) is 0 Å². The average molecular weight is 578 g/mol. The highest BCUT2D eigenvalue weighted by Crippen LogP contribution is 2.44. The van der Waals surface area contributed by atoms with Gasteiger partial charge in [0.25, 0.3) is 0 Å². The van der Waals surface area contributed by atoms with E-state index in [2.05, 4.69) is 15.0 Å². The number of para-hydroxylation sites is 1. The summed E-state index contributed by atoms with van der Waals surface area (Å²) in [7, 11) is -0.705. The number of aromatic nitrogens is 2. The second-order valence-corrected chi connectivity index (χ2v) is 11.2. The molecular formula is C28H27N5O5S2. The number of carbonyl (C=O) groups is 1. The van der Waals surface area contributed by atoms with Crippen LogP contribution in [0.3, 0.4) is 0 Å². The number of rotatable bonds is 8. The summed E-state index contributed by atoms with van der Waals surface area (Å²) in [5, 5.41) is 3.86. The van der Waals surface area contributed by atoms with Gasteiger partial charge in [-0.2, -0.15) is 0 Å². The summed E-state index contributed by atoms with van der Waals surface area (Å²) in [5.74, 6) is -0.121. The van der Waals surface area contributed by atoms with Crippen LogP contribution in [0.1, 0.15) is 33.8 Å².